The van der Waals surface area contributed by atoms with Crippen molar-refractivity contribution in [3.05, 3.63) is 95.8 Å². The highest BCUT2D eigenvalue weighted by Crippen LogP contribution is 2.30. The van der Waals surface area contributed by atoms with E-state index in [-0.39, 0.29) is 18.7 Å². The van der Waals surface area contributed by atoms with E-state index in [0.29, 0.717) is 17.9 Å². The van der Waals surface area contributed by atoms with Crippen molar-refractivity contribution in [2.24, 2.45) is 0 Å². The van der Waals surface area contributed by atoms with Gasteiger partial charge in [0.2, 0.25) is 21.8 Å². The predicted molar refractivity (Wildman–Crippen MR) is 159 cm³/mol. The van der Waals surface area contributed by atoms with Crippen LogP contribution in [0.2, 0.25) is 0 Å². The molecule has 41 heavy (non-hydrogen) atoms. The van der Waals surface area contributed by atoms with E-state index in [2.05, 4.69) is 5.32 Å². The fraction of sp³-hybridized carbons (Fsp3) is 0.355. The van der Waals surface area contributed by atoms with Crippen LogP contribution in [-0.4, -0.2) is 56.1 Å². The Morgan fingerprint density at radius 2 is 1.54 bits per heavy atom. The summed E-state index contributed by atoms with van der Waals surface area (Å²) >= 11 is 0. The SMILES string of the molecule is CCOc1ccccc1N(CC(=O)N(Cc1ccc(F)cc1)[C@H](Cc1ccccc1)C(=O)NC(C)(C)C)S(C)(=O)=O. The van der Waals surface area contributed by atoms with E-state index in [0.717, 1.165) is 16.1 Å². The third kappa shape index (κ3) is 9.31. The molecule has 0 spiro atoms. The standard InChI is InChI=1S/C31H38FN3O5S/c1-6-40-28-15-11-10-14-26(28)35(41(5,38)39)22-29(36)34(21-24-16-18-25(32)19-17-24)27(30(37)33-31(2,3)4)20-23-12-8-7-9-13-23/h7-19,27H,6,20-22H2,1-5H3,(H,33,37)/t27-/m1/s1. The van der Waals surface area contributed by atoms with Crippen LogP contribution in [0.4, 0.5) is 10.1 Å². The van der Waals surface area contributed by atoms with Gasteiger partial charge in [0.15, 0.2) is 0 Å². The molecule has 3 aromatic rings. The normalized spacial score (nSPS) is 12.3. The van der Waals surface area contributed by atoms with Crippen LogP contribution >= 0.6 is 0 Å². The molecule has 0 aliphatic carbocycles. The number of hydrogen-bond acceptors (Lipinski definition) is 5. The molecule has 0 unspecified atom stereocenters. The maximum atomic E-state index is 14.1. The Morgan fingerprint density at radius 1 is 0.927 bits per heavy atom. The maximum absolute atomic E-state index is 14.1. The Labute approximate surface area is 242 Å². The average Bonchev–Trinajstić information content (AvgIpc) is 2.90. The van der Waals surface area contributed by atoms with Crippen molar-refractivity contribution in [2.75, 3.05) is 23.7 Å². The van der Waals surface area contributed by atoms with Crippen molar-refractivity contribution in [2.45, 2.75) is 52.2 Å². The number of nitrogens with one attached hydrogen (secondary N) is 1. The molecule has 1 atom stereocenters. The predicted octanol–water partition coefficient (Wildman–Crippen LogP) is 4.55. The smallest absolute Gasteiger partial charge is 0.244 e. The summed E-state index contributed by atoms with van der Waals surface area (Å²) in [6.45, 7) is 6.98. The number of carbonyl (C=O) groups is 2. The Bertz CT molecular complexity index is 1420. The Balaban J connectivity index is 2.09. The molecule has 0 radical (unpaired) electrons. The zero-order valence-corrected chi connectivity index (χ0v) is 24.9. The number of sulfonamides is 1. The van der Waals surface area contributed by atoms with Gasteiger partial charge in [0, 0.05) is 18.5 Å². The number of para-hydroxylation sites is 2. The van der Waals surface area contributed by atoms with Crippen LogP contribution in [0.5, 0.6) is 5.75 Å². The van der Waals surface area contributed by atoms with Crippen molar-refractivity contribution < 1.29 is 27.1 Å². The van der Waals surface area contributed by atoms with Crippen LogP contribution in [0, 0.1) is 5.82 Å². The van der Waals surface area contributed by atoms with Gasteiger partial charge in [-0.1, -0.05) is 54.6 Å². The molecule has 0 aliphatic rings. The largest absolute Gasteiger partial charge is 0.492 e. The van der Waals surface area contributed by atoms with Gasteiger partial charge in [-0.2, -0.15) is 0 Å². The molecular formula is C31H38FN3O5S. The number of halogens is 1. The van der Waals surface area contributed by atoms with Crippen molar-refractivity contribution in [1.29, 1.82) is 0 Å². The fourth-order valence-corrected chi connectivity index (χ4v) is 5.18. The molecule has 0 saturated heterocycles. The lowest BCUT2D eigenvalue weighted by Crippen LogP contribution is -2.56. The summed E-state index contributed by atoms with van der Waals surface area (Å²) in [6.07, 6.45) is 1.20. The minimum Gasteiger partial charge on any atom is -0.492 e. The zero-order valence-electron chi connectivity index (χ0n) is 24.1. The van der Waals surface area contributed by atoms with Crippen molar-refractivity contribution in [1.82, 2.24) is 10.2 Å². The molecule has 1 N–H and O–H groups in total. The molecule has 0 saturated carbocycles. The first-order valence-corrected chi connectivity index (χ1v) is 15.2. The first-order chi connectivity index (χ1) is 19.3. The Kier molecular flexibility index (Phi) is 10.5. The van der Waals surface area contributed by atoms with Crippen molar-refractivity contribution >= 4 is 27.5 Å². The van der Waals surface area contributed by atoms with E-state index in [1.54, 1.807) is 31.2 Å². The summed E-state index contributed by atoms with van der Waals surface area (Å²) in [5, 5.41) is 2.97. The fourth-order valence-electron chi connectivity index (χ4n) is 4.33. The van der Waals surface area contributed by atoms with Gasteiger partial charge >= 0.3 is 0 Å². The van der Waals surface area contributed by atoms with E-state index in [1.165, 1.54) is 29.2 Å². The van der Waals surface area contributed by atoms with Gasteiger partial charge in [-0.3, -0.25) is 13.9 Å². The second-order valence-electron chi connectivity index (χ2n) is 10.8. The molecule has 10 heteroatoms. The van der Waals surface area contributed by atoms with E-state index in [9.17, 15) is 22.4 Å². The molecule has 3 rings (SSSR count). The topological polar surface area (TPSA) is 96.0 Å². The molecule has 0 aliphatic heterocycles. The summed E-state index contributed by atoms with van der Waals surface area (Å²) in [4.78, 5) is 29.2. The summed E-state index contributed by atoms with van der Waals surface area (Å²) in [6, 6.07) is 20.5. The highest BCUT2D eigenvalue weighted by molar-refractivity contribution is 7.92. The van der Waals surface area contributed by atoms with E-state index in [4.69, 9.17) is 4.74 Å². The number of nitrogens with zero attached hydrogens (tertiary/aromatic N) is 2. The lowest BCUT2D eigenvalue weighted by molar-refractivity contribution is -0.140. The third-order valence-corrected chi connectivity index (χ3v) is 7.27. The second kappa shape index (κ2) is 13.6. The maximum Gasteiger partial charge on any atom is 0.244 e. The van der Waals surface area contributed by atoms with Gasteiger partial charge in [0.1, 0.15) is 24.2 Å². The van der Waals surface area contributed by atoms with Crippen molar-refractivity contribution in [3.63, 3.8) is 0 Å². The first kappa shape index (κ1) is 31.6. The van der Waals surface area contributed by atoms with Crippen LogP contribution in [0.3, 0.4) is 0 Å². The minimum absolute atomic E-state index is 0.0428. The number of rotatable bonds is 12. The molecule has 0 fully saturated rings. The average molecular weight is 584 g/mol. The number of carbonyl (C=O) groups excluding carboxylic acids is 2. The number of anilines is 1. The van der Waals surface area contributed by atoms with Gasteiger partial charge in [0.05, 0.1) is 18.6 Å². The van der Waals surface area contributed by atoms with E-state index in [1.807, 2.05) is 51.1 Å². The molecular weight excluding hydrogens is 545 g/mol. The lowest BCUT2D eigenvalue weighted by atomic mass is 10.0. The monoisotopic (exact) mass is 583 g/mol. The molecule has 3 aromatic carbocycles. The van der Waals surface area contributed by atoms with Gasteiger partial charge in [-0.15, -0.1) is 0 Å². The molecule has 8 nitrogen and oxygen atoms in total. The van der Waals surface area contributed by atoms with Crippen LogP contribution < -0.4 is 14.4 Å². The van der Waals surface area contributed by atoms with Gasteiger partial charge in [-0.05, 0) is 63.1 Å². The van der Waals surface area contributed by atoms with Gasteiger partial charge < -0.3 is 15.0 Å². The second-order valence-corrected chi connectivity index (χ2v) is 12.7. The van der Waals surface area contributed by atoms with E-state index < -0.39 is 45.8 Å². The molecule has 0 heterocycles. The quantitative estimate of drug-likeness (QED) is 0.338. The zero-order chi connectivity index (χ0) is 30.2. The molecule has 2 amide bonds. The molecule has 0 bridgehead atoms. The Hall–Kier alpha value is -3.92. The number of ether oxygens (including phenoxy) is 1. The van der Waals surface area contributed by atoms with E-state index >= 15 is 0 Å². The highest BCUT2D eigenvalue weighted by Gasteiger charge is 2.34. The Morgan fingerprint density at radius 3 is 2.12 bits per heavy atom. The van der Waals surface area contributed by atoms with Crippen molar-refractivity contribution in [3.8, 4) is 5.75 Å². The highest BCUT2D eigenvalue weighted by atomic mass is 32.2. The minimum atomic E-state index is -3.94. The summed E-state index contributed by atoms with van der Waals surface area (Å²) in [5.41, 5.74) is 1.03. The van der Waals surface area contributed by atoms with Gasteiger partial charge in [-0.25, -0.2) is 12.8 Å². The first-order valence-electron chi connectivity index (χ1n) is 13.4. The lowest BCUT2D eigenvalue weighted by Gasteiger charge is -2.35. The van der Waals surface area contributed by atoms with Crippen LogP contribution in [-0.2, 0) is 32.6 Å². The van der Waals surface area contributed by atoms with Crippen LogP contribution in [0.25, 0.3) is 0 Å². The summed E-state index contributed by atoms with van der Waals surface area (Å²) in [5.74, 6) is -1.12. The third-order valence-electron chi connectivity index (χ3n) is 6.15. The molecule has 0 aromatic heterocycles. The van der Waals surface area contributed by atoms with Crippen LogP contribution in [0.1, 0.15) is 38.8 Å². The van der Waals surface area contributed by atoms with Crippen LogP contribution in [0.15, 0.2) is 78.9 Å². The molecule has 220 valence electrons. The van der Waals surface area contributed by atoms with Gasteiger partial charge in [0.25, 0.3) is 0 Å². The number of hydrogen-bond donors (Lipinski definition) is 1. The number of benzene rings is 3. The summed E-state index contributed by atoms with van der Waals surface area (Å²) in [7, 11) is -3.94. The summed E-state index contributed by atoms with van der Waals surface area (Å²) < 4.78 is 46.3. The number of amides is 2.